The Kier molecular flexibility index (Phi) is 9.41. The number of halogens is 3. The number of carbonyl (C=O) groups excluding carboxylic acids is 3. The molecule has 1 fully saturated rings. The lowest BCUT2D eigenvalue weighted by atomic mass is 9.98. The molecule has 0 radical (unpaired) electrons. The quantitative estimate of drug-likeness (QED) is 0.285. The van der Waals surface area contributed by atoms with E-state index in [4.69, 9.17) is 34.8 Å². The highest BCUT2D eigenvalue weighted by Crippen LogP contribution is 2.30. The maximum atomic E-state index is 13.6. The first kappa shape index (κ1) is 28.1. The third-order valence-corrected chi connectivity index (χ3v) is 7.42. The number of fused-ring (bicyclic) bond motifs is 1. The summed E-state index contributed by atoms with van der Waals surface area (Å²) in [4.78, 5) is 43.7. The van der Waals surface area contributed by atoms with Crippen molar-refractivity contribution in [3.63, 3.8) is 0 Å². The summed E-state index contributed by atoms with van der Waals surface area (Å²) in [5.74, 6) is -1.31. The number of amides is 3. The number of nitrogens with zero attached hydrogens (tertiary/aromatic N) is 1. The van der Waals surface area contributed by atoms with Crippen molar-refractivity contribution < 1.29 is 19.5 Å². The van der Waals surface area contributed by atoms with E-state index in [1.54, 1.807) is 35.2 Å². The molecule has 4 rings (SSSR count). The van der Waals surface area contributed by atoms with Crippen LogP contribution in [-0.2, 0) is 27.2 Å². The topological polar surface area (TPSA) is 115 Å². The number of phenolic OH excluding ortho intramolecular Hbond substituents is 1. The summed E-state index contributed by atoms with van der Waals surface area (Å²) in [5.41, 5.74) is 2.45. The Balaban J connectivity index is 1.44. The molecule has 202 valence electrons. The van der Waals surface area contributed by atoms with Crippen LogP contribution in [0.4, 0.5) is 0 Å². The van der Waals surface area contributed by atoms with Crippen LogP contribution >= 0.6 is 34.8 Å². The van der Waals surface area contributed by atoms with E-state index in [1.807, 2.05) is 6.20 Å². The molecule has 0 saturated carbocycles. The molecule has 4 N–H and O–H groups in total. The van der Waals surface area contributed by atoms with Gasteiger partial charge < -0.3 is 25.6 Å². The minimum Gasteiger partial charge on any atom is -0.508 e. The van der Waals surface area contributed by atoms with Gasteiger partial charge in [-0.3, -0.25) is 14.4 Å². The summed E-state index contributed by atoms with van der Waals surface area (Å²) < 4.78 is 0. The largest absolute Gasteiger partial charge is 0.508 e. The molecule has 1 aliphatic heterocycles. The van der Waals surface area contributed by atoms with Crippen molar-refractivity contribution in [2.45, 2.75) is 44.2 Å². The van der Waals surface area contributed by atoms with Crippen LogP contribution in [-0.4, -0.2) is 63.8 Å². The maximum Gasteiger partial charge on any atom is 0.246 e. The first-order valence-electron chi connectivity index (χ1n) is 12.4. The maximum absolute atomic E-state index is 13.6. The van der Waals surface area contributed by atoms with E-state index in [0.717, 1.165) is 29.3 Å². The molecule has 0 unspecified atom stereocenters. The van der Waals surface area contributed by atoms with Gasteiger partial charge in [0.1, 0.15) is 23.7 Å². The van der Waals surface area contributed by atoms with E-state index in [1.165, 1.54) is 6.07 Å². The van der Waals surface area contributed by atoms with Gasteiger partial charge in [0.05, 0.1) is 5.02 Å². The monoisotopic (exact) mass is 578 g/mol. The zero-order valence-corrected chi connectivity index (χ0v) is 22.9. The van der Waals surface area contributed by atoms with Crippen LogP contribution in [0.15, 0.2) is 42.6 Å². The summed E-state index contributed by atoms with van der Waals surface area (Å²) in [6.07, 6.45) is 4.64. The van der Waals surface area contributed by atoms with Gasteiger partial charge >= 0.3 is 0 Å². The summed E-state index contributed by atoms with van der Waals surface area (Å²) in [6, 6.07) is 8.41. The van der Waals surface area contributed by atoms with Gasteiger partial charge in [0, 0.05) is 41.6 Å². The van der Waals surface area contributed by atoms with Crippen LogP contribution in [0, 0.1) is 0 Å². The number of phenols is 1. The number of aromatic nitrogens is 1. The van der Waals surface area contributed by atoms with Crippen molar-refractivity contribution in [3.8, 4) is 5.75 Å². The SMILES string of the molecule is O=C(CCl)N[C@@H](Cc1cccc(O)c1)C(=O)N1CCCC[C@H]1C(=O)NCCc1c[nH]c2cc(Cl)cc(Cl)c12. The predicted molar refractivity (Wildman–Crippen MR) is 149 cm³/mol. The molecule has 2 heterocycles. The molecule has 8 nitrogen and oxygen atoms in total. The number of hydrogen-bond donors (Lipinski definition) is 4. The van der Waals surface area contributed by atoms with Gasteiger partial charge in [-0.15, -0.1) is 11.6 Å². The first-order chi connectivity index (χ1) is 18.3. The van der Waals surface area contributed by atoms with Crippen molar-refractivity contribution in [2.75, 3.05) is 19.0 Å². The van der Waals surface area contributed by atoms with Crippen LogP contribution in [0.1, 0.15) is 30.4 Å². The standard InChI is InChI=1S/C27H29Cl3N4O4/c28-14-24(36)33-22(11-16-4-3-5-19(35)10-16)27(38)34-9-2-1-6-23(34)26(37)31-8-7-17-15-32-21-13-18(29)12-20(30)25(17)21/h3-5,10,12-13,15,22-23,32,35H,1-2,6-9,11,14H2,(H,31,37)(H,33,36)/t22-,23-/m0/s1. The van der Waals surface area contributed by atoms with E-state index >= 15 is 0 Å². The van der Waals surface area contributed by atoms with E-state index in [0.29, 0.717) is 41.5 Å². The number of alkyl halides is 1. The highest BCUT2D eigenvalue weighted by Gasteiger charge is 2.36. The van der Waals surface area contributed by atoms with Crippen molar-refractivity contribution in [2.24, 2.45) is 0 Å². The molecule has 1 saturated heterocycles. The highest BCUT2D eigenvalue weighted by molar-refractivity contribution is 6.38. The zero-order valence-electron chi connectivity index (χ0n) is 20.6. The summed E-state index contributed by atoms with van der Waals surface area (Å²) >= 11 is 18.2. The number of nitrogens with one attached hydrogen (secondary N) is 3. The number of rotatable bonds is 9. The second-order valence-electron chi connectivity index (χ2n) is 9.34. The number of piperidine rings is 1. The Morgan fingerprint density at radius 2 is 1.97 bits per heavy atom. The number of aromatic amines is 1. The van der Waals surface area contributed by atoms with Crippen molar-refractivity contribution >= 4 is 63.4 Å². The lowest BCUT2D eigenvalue weighted by Crippen LogP contribution is -2.58. The van der Waals surface area contributed by atoms with E-state index in [2.05, 4.69) is 15.6 Å². The molecule has 0 spiro atoms. The molecule has 1 aliphatic rings. The Hall–Kier alpha value is -2.94. The Morgan fingerprint density at radius 3 is 2.74 bits per heavy atom. The average molecular weight is 580 g/mol. The van der Waals surface area contributed by atoms with Crippen molar-refractivity contribution in [1.29, 1.82) is 0 Å². The molecule has 2 aromatic carbocycles. The Labute approximate surface area is 235 Å². The predicted octanol–water partition coefficient (Wildman–Crippen LogP) is 4.19. The van der Waals surface area contributed by atoms with Crippen molar-refractivity contribution in [1.82, 2.24) is 20.5 Å². The zero-order chi connectivity index (χ0) is 27.2. The number of aromatic hydroxyl groups is 1. The van der Waals surface area contributed by atoms with Crippen LogP contribution in [0.3, 0.4) is 0 Å². The fraction of sp³-hybridized carbons (Fsp3) is 0.370. The van der Waals surface area contributed by atoms with Gasteiger partial charge in [-0.05, 0) is 61.1 Å². The number of hydrogen-bond acceptors (Lipinski definition) is 4. The van der Waals surface area contributed by atoms with Gasteiger partial charge in [-0.2, -0.15) is 0 Å². The fourth-order valence-corrected chi connectivity index (χ4v) is 5.60. The average Bonchev–Trinajstić information content (AvgIpc) is 3.30. The minimum absolute atomic E-state index is 0.0622. The Bertz CT molecular complexity index is 1330. The van der Waals surface area contributed by atoms with Crippen molar-refractivity contribution in [3.05, 3.63) is 63.8 Å². The summed E-state index contributed by atoms with van der Waals surface area (Å²) in [7, 11) is 0. The number of H-pyrrole nitrogens is 1. The highest BCUT2D eigenvalue weighted by atomic mass is 35.5. The second-order valence-corrected chi connectivity index (χ2v) is 10.4. The van der Waals surface area contributed by atoms with Crippen LogP contribution < -0.4 is 10.6 Å². The van der Waals surface area contributed by atoms with E-state index < -0.39 is 18.0 Å². The van der Waals surface area contributed by atoms with Crippen LogP contribution in [0.2, 0.25) is 10.0 Å². The number of likely N-dealkylation sites (tertiary alicyclic amines) is 1. The molecule has 38 heavy (non-hydrogen) atoms. The smallest absolute Gasteiger partial charge is 0.246 e. The summed E-state index contributed by atoms with van der Waals surface area (Å²) in [6.45, 7) is 0.766. The Morgan fingerprint density at radius 1 is 1.16 bits per heavy atom. The van der Waals surface area contributed by atoms with E-state index in [9.17, 15) is 19.5 Å². The lowest BCUT2D eigenvalue weighted by molar-refractivity contribution is -0.144. The first-order valence-corrected chi connectivity index (χ1v) is 13.7. The molecule has 2 atom stereocenters. The fourth-order valence-electron chi connectivity index (χ4n) is 4.91. The third-order valence-electron chi connectivity index (χ3n) is 6.67. The molecule has 0 bridgehead atoms. The number of carbonyl (C=O) groups is 3. The van der Waals surface area contributed by atoms with Gasteiger partial charge in [0.25, 0.3) is 0 Å². The molecule has 11 heteroatoms. The molecular formula is C27H29Cl3N4O4. The van der Waals surface area contributed by atoms with Gasteiger partial charge in [-0.1, -0.05) is 35.3 Å². The minimum atomic E-state index is -0.920. The lowest BCUT2D eigenvalue weighted by Gasteiger charge is -2.37. The van der Waals surface area contributed by atoms with Gasteiger partial charge in [-0.25, -0.2) is 0 Å². The molecular weight excluding hydrogens is 551 g/mol. The van der Waals surface area contributed by atoms with E-state index in [-0.39, 0.29) is 29.9 Å². The third kappa shape index (κ3) is 6.73. The second kappa shape index (κ2) is 12.7. The van der Waals surface area contributed by atoms with Gasteiger partial charge in [0.2, 0.25) is 17.7 Å². The summed E-state index contributed by atoms with van der Waals surface area (Å²) in [5, 5.41) is 17.4. The normalized spacial score (nSPS) is 16.3. The van der Waals surface area contributed by atoms with Gasteiger partial charge in [0.15, 0.2) is 0 Å². The van der Waals surface area contributed by atoms with Crippen LogP contribution in [0.25, 0.3) is 10.9 Å². The molecule has 3 aromatic rings. The van der Waals surface area contributed by atoms with Crippen LogP contribution in [0.5, 0.6) is 5.75 Å². The molecule has 0 aliphatic carbocycles. The molecule has 1 aromatic heterocycles. The molecule has 3 amide bonds. The number of benzene rings is 2.